The molecular weight excluding hydrogens is 357 g/mol. The second-order valence-corrected chi connectivity index (χ2v) is 7.28. The lowest BCUT2D eigenvalue weighted by Crippen LogP contribution is -2.36. The number of nitrogens with zero attached hydrogens (tertiary/aromatic N) is 1. The summed E-state index contributed by atoms with van der Waals surface area (Å²) in [5, 5.41) is 0.516. The Labute approximate surface area is 153 Å². The number of rotatable bonds is 5. The Morgan fingerprint density at radius 2 is 2.04 bits per heavy atom. The van der Waals surface area contributed by atoms with Gasteiger partial charge in [0, 0.05) is 42.2 Å². The summed E-state index contributed by atoms with van der Waals surface area (Å²) in [6.45, 7) is 0. The average molecular weight is 376 g/mol. The van der Waals surface area contributed by atoms with Crippen molar-refractivity contribution in [1.82, 2.24) is 9.55 Å². The molecule has 0 bridgehead atoms. The minimum atomic E-state index is -4.74. The summed E-state index contributed by atoms with van der Waals surface area (Å²) in [4.78, 5) is 15.9. The number of ketones is 1. The van der Waals surface area contributed by atoms with Gasteiger partial charge in [0.2, 0.25) is 0 Å². The summed E-state index contributed by atoms with van der Waals surface area (Å²) < 4.78 is 43.1. The number of fused-ring (bicyclic) bond motifs is 1. The SMILES string of the molecule is Cn1ccc(C2(CC(=O)c3cc4cc(OC(F)(F)F)ccc4[nH]3)CCC2)c1. The van der Waals surface area contributed by atoms with E-state index >= 15 is 0 Å². The minimum absolute atomic E-state index is 0.0342. The van der Waals surface area contributed by atoms with Crippen molar-refractivity contribution in [3.8, 4) is 5.75 Å². The summed E-state index contributed by atoms with van der Waals surface area (Å²) in [7, 11) is 1.95. The van der Waals surface area contributed by atoms with E-state index in [0.29, 0.717) is 23.0 Å². The second kappa shape index (κ2) is 6.18. The zero-order valence-corrected chi connectivity index (χ0v) is 14.8. The first kappa shape index (κ1) is 17.7. The Bertz CT molecular complexity index is 996. The summed E-state index contributed by atoms with van der Waals surface area (Å²) in [5.74, 6) is -0.333. The van der Waals surface area contributed by atoms with Crippen molar-refractivity contribution < 1.29 is 22.7 Å². The van der Waals surface area contributed by atoms with Crippen LogP contribution in [0.3, 0.4) is 0 Å². The molecule has 0 radical (unpaired) electrons. The number of alkyl halides is 3. The van der Waals surface area contributed by atoms with Gasteiger partial charge in [-0.1, -0.05) is 6.42 Å². The number of ether oxygens (including phenoxy) is 1. The zero-order valence-electron chi connectivity index (χ0n) is 14.8. The second-order valence-electron chi connectivity index (χ2n) is 7.28. The van der Waals surface area contributed by atoms with Crippen LogP contribution in [-0.2, 0) is 12.5 Å². The van der Waals surface area contributed by atoms with Gasteiger partial charge in [-0.3, -0.25) is 4.79 Å². The van der Waals surface area contributed by atoms with Crippen molar-refractivity contribution in [2.45, 2.75) is 37.5 Å². The van der Waals surface area contributed by atoms with E-state index in [9.17, 15) is 18.0 Å². The van der Waals surface area contributed by atoms with E-state index in [0.717, 1.165) is 19.3 Å². The molecule has 3 aromatic rings. The first-order valence-corrected chi connectivity index (χ1v) is 8.78. The van der Waals surface area contributed by atoms with Crippen molar-refractivity contribution in [1.29, 1.82) is 0 Å². The smallest absolute Gasteiger partial charge is 0.406 e. The number of H-pyrrole nitrogens is 1. The molecule has 0 unspecified atom stereocenters. The zero-order chi connectivity index (χ0) is 19.2. The summed E-state index contributed by atoms with van der Waals surface area (Å²) in [6, 6.07) is 7.66. The molecule has 27 heavy (non-hydrogen) atoms. The molecule has 0 aliphatic heterocycles. The highest BCUT2D eigenvalue weighted by molar-refractivity contribution is 6.00. The van der Waals surface area contributed by atoms with Crippen molar-refractivity contribution in [2.24, 2.45) is 7.05 Å². The van der Waals surface area contributed by atoms with Crippen molar-refractivity contribution >= 4 is 16.7 Å². The molecule has 4 rings (SSSR count). The van der Waals surface area contributed by atoms with E-state index in [1.807, 2.05) is 17.8 Å². The van der Waals surface area contributed by atoms with Crippen LogP contribution in [-0.4, -0.2) is 21.7 Å². The molecule has 0 saturated heterocycles. The van der Waals surface area contributed by atoms with Crippen LogP contribution in [0.1, 0.15) is 41.7 Å². The van der Waals surface area contributed by atoms with Crippen LogP contribution >= 0.6 is 0 Å². The molecule has 1 aliphatic carbocycles. The van der Waals surface area contributed by atoms with Crippen molar-refractivity contribution in [2.75, 3.05) is 0 Å². The average Bonchev–Trinajstić information content (AvgIpc) is 3.15. The van der Waals surface area contributed by atoms with E-state index in [1.54, 1.807) is 6.07 Å². The Hall–Kier alpha value is -2.70. The predicted octanol–water partition coefficient (Wildman–Crippen LogP) is 5.10. The molecule has 0 amide bonds. The molecule has 142 valence electrons. The highest BCUT2D eigenvalue weighted by Gasteiger charge is 2.41. The van der Waals surface area contributed by atoms with E-state index in [4.69, 9.17) is 0 Å². The Balaban J connectivity index is 1.57. The third kappa shape index (κ3) is 3.46. The van der Waals surface area contributed by atoms with Gasteiger partial charge in [-0.15, -0.1) is 13.2 Å². The fourth-order valence-electron chi connectivity index (χ4n) is 3.85. The van der Waals surface area contributed by atoms with Crippen molar-refractivity contribution in [3.05, 3.63) is 54.0 Å². The van der Waals surface area contributed by atoms with Gasteiger partial charge < -0.3 is 14.3 Å². The maximum atomic E-state index is 12.9. The van der Waals surface area contributed by atoms with E-state index in [1.165, 1.54) is 23.8 Å². The molecule has 1 aliphatic rings. The van der Waals surface area contributed by atoms with E-state index < -0.39 is 6.36 Å². The number of aromatic nitrogens is 2. The number of Topliss-reactive ketones (excluding diaryl/α,β-unsaturated/α-hetero) is 1. The predicted molar refractivity (Wildman–Crippen MR) is 94.9 cm³/mol. The van der Waals surface area contributed by atoms with Crippen LogP contribution in [0, 0.1) is 0 Å². The fourth-order valence-corrected chi connectivity index (χ4v) is 3.85. The molecule has 1 fully saturated rings. The number of hydrogen-bond acceptors (Lipinski definition) is 2. The largest absolute Gasteiger partial charge is 0.573 e. The molecule has 2 heterocycles. The number of halogens is 3. The molecule has 2 aromatic heterocycles. The van der Waals surface area contributed by atoms with Gasteiger partial charge in [0.15, 0.2) is 5.78 Å². The van der Waals surface area contributed by atoms with Gasteiger partial charge in [-0.2, -0.15) is 0 Å². The van der Waals surface area contributed by atoms with Crippen LogP contribution in [0.5, 0.6) is 5.75 Å². The third-order valence-corrected chi connectivity index (χ3v) is 5.38. The molecule has 4 nitrogen and oxygen atoms in total. The maximum Gasteiger partial charge on any atom is 0.573 e. The van der Waals surface area contributed by atoms with Gasteiger partial charge in [-0.05, 0) is 48.7 Å². The summed E-state index contributed by atoms with van der Waals surface area (Å²) >= 11 is 0. The molecule has 1 aromatic carbocycles. The lowest BCUT2D eigenvalue weighted by Gasteiger charge is -2.41. The Morgan fingerprint density at radius 3 is 2.63 bits per heavy atom. The van der Waals surface area contributed by atoms with Gasteiger partial charge in [-0.25, -0.2) is 0 Å². The monoisotopic (exact) mass is 376 g/mol. The van der Waals surface area contributed by atoms with Gasteiger partial charge in [0.05, 0.1) is 5.69 Å². The summed E-state index contributed by atoms with van der Waals surface area (Å²) in [5.41, 5.74) is 2.05. The molecule has 0 atom stereocenters. The molecular formula is C20H19F3N2O2. The van der Waals surface area contributed by atoms with Crippen LogP contribution in [0.4, 0.5) is 13.2 Å². The lowest BCUT2D eigenvalue weighted by molar-refractivity contribution is -0.274. The van der Waals surface area contributed by atoms with Gasteiger partial charge >= 0.3 is 6.36 Å². The number of aryl methyl sites for hydroxylation is 1. The summed E-state index contributed by atoms with van der Waals surface area (Å²) in [6.07, 6.45) is 2.69. The van der Waals surface area contributed by atoms with E-state index in [-0.39, 0.29) is 16.9 Å². The quantitative estimate of drug-likeness (QED) is 0.630. The number of hydrogen-bond donors (Lipinski definition) is 1. The van der Waals surface area contributed by atoms with Crippen LogP contribution < -0.4 is 4.74 Å². The first-order chi connectivity index (χ1) is 12.7. The van der Waals surface area contributed by atoms with Crippen LogP contribution in [0.25, 0.3) is 10.9 Å². The topological polar surface area (TPSA) is 47.0 Å². The fraction of sp³-hybridized carbons (Fsp3) is 0.350. The van der Waals surface area contributed by atoms with Crippen molar-refractivity contribution in [3.63, 3.8) is 0 Å². The van der Waals surface area contributed by atoms with E-state index in [2.05, 4.69) is 22.0 Å². The minimum Gasteiger partial charge on any atom is -0.406 e. The van der Waals surface area contributed by atoms with Crippen LogP contribution in [0.2, 0.25) is 0 Å². The highest BCUT2D eigenvalue weighted by Crippen LogP contribution is 2.47. The lowest BCUT2D eigenvalue weighted by atomic mass is 9.62. The molecule has 7 heteroatoms. The third-order valence-electron chi connectivity index (χ3n) is 5.38. The first-order valence-electron chi connectivity index (χ1n) is 8.78. The molecule has 1 saturated carbocycles. The highest BCUT2D eigenvalue weighted by atomic mass is 19.4. The van der Waals surface area contributed by atoms with Gasteiger partial charge in [0.25, 0.3) is 0 Å². The maximum absolute atomic E-state index is 12.9. The number of aromatic amines is 1. The molecule has 1 N–H and O–H groups in total. The number of carbonyl (C=O) groups excluding carboxylic acids is 1. The number of benzene rings is 1. The van der Waals surface area contributed by atoms with Gasteiger partial charge in [0.1, 0.15) is 5.75 Å². The van der Waals surface area contributed by atoms with Crippen LogP contribution in [0.15, 0.2) is 42.7 Å². The standard InChI is InChI=1S/C20H19F3N2O2/c1-25-8-5-14(12-25)19(6-2-7-19)11-18(26)17-10-13-9-15(27-20(21,22)23)3-4-16(13)24-17/h3-5,8-10,12,24H,2,6-7,11H2,1H3. The number of carbonyl (C=O) groups is 1. The normalized spacial score (nSPS) is 16.3. The molecule has 0 spiro atoms. The Kier molecular flexibility index (Phi) is 4.05. The number of nitrogens with one attached hydrogen (secondary N) is 1. The Morgan fingerprint density at radius 1 is 1.26 bits per heavy atom.